The number of halogens is 2. The van der Waals surface area contributed by atoms with Crippen LogP contribution in [0.3, 0.4) is 0 Å². The van der Waals surface area contributed by atoms with Gasteiger partial charge in [0.25, 0.3) is 0 Å². The molecule has 0 fully saturated rings. The van der Waals surface area contributed by atoms with Gasteiger partial charge >= 0.3 is 0 Å². The van der Waals surface area contributed by atoms with E-state index < -0.39 is 0 Å². The Bertz CT molecular complexity index is 555. The SMILES string of the molecule is Cc1ccc(NC(CN)c2ccc(Br)cc2Cl)cc1. The molecule has 0 aromatic heterocycles. The Hall–Kier alpha value is -1.03. The van der Waals surface area contributed by atoms with E-state index in [0.717, 1.165) is 15.7 Å². The third-order valence-electron chi connectivity index (χ3n) is 2.97. The van der Waals surface area contributed by atoms with Gasteiger partial charge in [-0.2, -0.15) is 0 Å². The van der Waals surface area contributed by atoms with Gasteiger partial charge in [-0.3, -0.25) is 0 Å². The van der Waals surface area contributed by atoms with Crippen molar-refractivity contribution in [2.75, 3.05) is 11.9 Å². The van der Waals surface area contributed by atoms with Crippen molar-refractivity contribution in [3.8, 4) is 0 Å². The van der Waals surface area contributed by atoms with Crippen molar-refractivity contribution in [1.29, 1.82) is 0 Å². The number of nitrogens with two attached hydrogens (primary N) is 1. The highest BCUT2D eigenvalue weighted by molar-refractivity contribution is 9.10. The quantitative estimate of drug-likeness (QED) is 0.859. The fraction of sp³-hybridized carbons (Fsp3) is 0.200. The zero-order valence-electron chi connectivity index (χ0n) is 10.7. The molecule has 0 aliphatic carbocycles. The fourth-order valence-corrected chi connectivity index (χ4v) is 2.70. The van der Waals surface area contributed by atoms with Gasteiger partial charge in [-0.05, 0) is 36.8 Å². The van der Waals surface area contributed by atoms with Gasteiger partial charge in [0.2, 0.25) is 0 Å². The molecule has 0 heterocycles. The molecular formula is C15H16BrClN2. The number of hydrogen-bond acceptors (Lipinski definition) is 2. The molecule has 0 bridgehead atoms. The second kappa shape index (κ2) is 6.42. The van der Waals surface area contributed by atoms with Gasteiger partial charge in [-0.15, -0.1) is 0 Å². The number of rotatable bonds is 4. The van der Waals surface area contributed by atoms with Crippen molar-refractivity contribution < 1.29 is 0 Å². The maximum Gasteiger partial charge on any atom is 0.0650 e. The first-order valence-electron chi connectivity index (χ1n) is 6.08. The summed E-state index contributed by atoms with van der Waals surface area (Å²) in [6, 6.07) is 14.1. The van der Waals surface area contributed by atoms with Crippen LogP contribution in [0, 0.1) is 6.92 Å². The Balaban J connectivity index is 2.22. The highest BCUT2D eigenvalue weighted by Crippen LogP contribution is 2.28. The van der Waals surface area contributed by atoms with Crippen LogP contribution in [0.4, 0.5) is 5.69 Å². The summed E-state index contributed by atoms with van der Waals surface area (Å²) in [5.74, 6) is 0. The molecule has 0 aliphatic heterocycles. The minimum Gasteiger partial charge on any atom is -0.377 e. The van der Waals surface area contributed by atoms with E-state index in [1.54, 1.807) is 0 Å². The van der Waals surface area contributed by atoms with Gasteiger partial charge in [0, 0.05) is 21.7 Å². The third kappa shape index (κ3) is 3.72. The van der Waals surface area contributed by atoms with Crippen LogP contribution in [0.15, 0.2) is 46.9 Å². The Morgan fingerprint density at radius 3 is 2.47 bits per heavy atom. The normalized spacial score (nSPS) is 12.2. The molecule has 4 heteroatoms. The Kier molecular flexibility index (Phi) is 4.86. The summed E-state index contributed by atoms with van der Waals surface area (Å²) in [7, 11) is 0. The van der Waals surface area contributed by atoms with E-state index in [4.69, 9.17) is 17.3 Å². The van der Waals surface area contributed by atoms with Gasteiger partial charge in [-0.25, -0.2) is 0 Å². The summed E-state index contributed by atoms with van der Waals surface area (Å²) in [6.07, 6.45) is 0. The summed E-state index contributed by atoms with van der Waals surface area (Å²) < 4.78 is 0.965. The molecule has 1 atom stereocenters. The number of benzene rings is 2. The predicted molar refractivity (Wildman–Crippen MR) is 85.7 cm³/mol. The highest BCUT2D eigenvalue weighted by atomic mass is 79.9. The molecule has 3 N–H and O–H groups in total. The lowest BCUT2D eigenvalue weighted by Gasteiger charge is -2.20. The van der Waals surface area contributed by atoms with E-state index >= 15 is 0 Å². The molecule has 2 rings (SSSR count). The monoisotopic (exact) mass is 338 g/mol. The molecule has 2 aromatic carbocycles. The standard InChI is InChI=1S/C15H16BrClN2/c1-10-2-5-12(6-3-10)19-15(9-18)13-7-4-11(16)8-14(13)17/h2-8,15,19H,9,18H2,1H3. The van der Waals surface area contributed by atoms with Gasteiger partial charge in [-0.1, -0.05) is 51.3 Å². The minimum absolute atomic E-state index is 0.00306. The molecule has 0 aliphatic rings. The van der Waals surface area contributed by atoms with E-state index in [0.29, 0.717) is 11.6 Å². The maximum atomic E-state index is 6.27. The van der Waals surface area contributed by atoms with E-state index in [1.807, 2.05) is 30.3 Å². The summed E-state index contributed by atoms with van der Waals surface area (Å²) >= 11 is 9.67. The molecular weight excluding hydrogens is 324 g/mol. The topological polar surface area (TPSA) is 38.0 Å². The van der Waals surface area contributed by atoms with E-state index in [2.05, 4.69) is 40.3 Å². The van der Waals surface area contributed by atoms with E-state index in [9.17, 15) is 0 Å². The summed E-state index contributed by atoms with van der Waals surface area (Å²) in [4.78, 5) is 0. The first-order chi connectivity index (χ1) is 9.10. The number of nitrogens with one attached hydrogen (secondary N) is 1. The number of hydrogen-bond donors (Lipinski definition) is 2. The van der Waals surface area contributed by atoms with Crippen molar-refractivity contribution in [3.63, 3.8) is 0 Å². The lowest BCUT2D eigenvalue weighted by Crippen LogP contribution is -2.20. The van der Waals surface area contributed by atoms with Gasteiger partial charge in [0.1, 0.15) is 0 Å². The molecule has 19 heavy (non-hydrogen) atoms. The number of anilines is 1. The minimum atomic E-state index is 0.00306. The molecule has 0 amide bonds. The molecule has 0 radical (unpaired) electrons. The van der Waals surface area contributed by atoms with Crippen molar-refractivity contribution in [2.24, 2.45) is 5.73 Å². The lowest BCUT2D eigenvalue weighted by molar-refractivity contribution is 0.790. The van der Waals surface area contributed by atoms with E-state index in [-0.39, 0.29) is 6.04 Å². The van der Waals surface area contributed by atoms with Crippen molar-refractivity contribution in [3.05, 3.63) is 63.1 Å². The van der Waals surface area contributed by atoms with Crippen LogP contribution in [0.5, 0.6) is 0 Å². The summed E-state index contributed by atoms with van der Waals surface area (Å²) in [5, 5.41) is 4.12. The number of aryl methyl sites for hydroxylation is 1. The van der Waals surface area contributed by atoms with Crippen LogP contribution < -0.4 is 11.1 Å². The fourth-order valence-electron chi connectivity index (χ4n) is 1.90. The largest absolute Gasteiger partial charge is 0.377 e. The molecule has 0 saturated carbocycles. The van der Waals surface area contributed by atoms with Crippen LogP contribution in [-0.4, -0.2) is 6.54 Å². The first-order valence-corrected chi connectivity index (χ1v) is 7.25. The van der Waals surface area contributed by atoms with Crippen molar-refractivity contribution in [2.45, 2.75) is 13.0 Å². The second-order valence-electron chi connectivity index (χ2n) is 4.46. The second-order valence-corrected chi connectivity index (χ2v) is 5.79. The van der Waals surface area contributed by atoms with Crippen LogP contribution in [0.1, 0.15) is 17.2 Å². The zero-order valence-corrected chi connectivity index (χ0v) is 13.0. The Morgan fingerprint density at radius 2 is 1.89 bits per heavy atom. The first kappa shape index (κ1) is 14.4. The van der Waals surface area contributed by atoms with E-state index in [1.165, 1.54) is 5.56 Å². The van der Waals surface area contributed by atoms with Gasteiger partial charge in [0.15, 0.2) is 0 Å². The van der Waals surface area contributed by atoms with Gasteiger partial charge in [0.05, 0.1) is 6.04 Å². The van der Waals surface area contributed by atoms with Crippen molar-refractivity contribution >= 4 is 33.2 Å². The molecule has 0 spiro atoms. The van der Waals surface area contributed by atoms with Gasteiger partial charge < -0.3 is 11.1 Å². The molecule has 2 aromatic rings. The highest BCUT2D eigenvalue weighted by Gasteiger charge is 2.13. The molecule has 1 unspecified atom stereocenters. The average molecular weight is 340 g/mol. The average Bonchev–Trinajstić information content (AvgIpc) is 2.39. The van der Waals surface area contributed by atoms with Crippen LogP contribution in [0.25, 0.3) is 0 Å². The third-order valence-corrected chi connectivity index (χ3v) is 3.79. The van der Waals surface area contributed by atoms with Crippen molar-refractivity contribution in [1.82, 2.24) is 0 Å². The van der Waals surface area contributed by atoms with Crippen LogP contribution in [0.2, 0.25) is 5.02 Å². The predicted octanol–water partition coefficient (Wildman–Crippen LogP) is 4.52. The Labute approximate surface area is 127 Å². The molecule has 100 valence electrons. The van der Waals surface area contributed by atoms with Crippen LogP contribution in [-0.2, 0) is 0 Å². The molecule has 2 nitrogen and oxygen atoms in total. The summed E-state index contributed by atoms with van der Waals surface area (Å²) in [5.41, 5.74) is 9.14. The molecule has 0 saturated heterocycles. The smallest absolute Gasteiger partial charge is 0.0650 e. The maximum absolute atomic E-state index is 6.27. The van der Waals surface area contributed by atoms with Crippen LogP contribution >= 0.6 is 27.5 Å². The Morgan fingerprint density at radius 1 is 1.21 bits per heavy atom. The lowest BCUT2D eigenvalue weighted by atomic mass is 10.1. The zero-order chi connectivity index (χ0) is 13.8. The summed E-state index contributed by atoms with van der Waals surface area (Å²) in [6.45, 7) is 2.55.